The maximum atomic E-state index is 12.0. The Kier molecular flexibility index (Phi) is 5.04. The van der Waals surface area contributed by atoms with E-state index in [9.17, 15) is 10.0 Å². The molecule has 8 nitrogen and oxygen atoms in total. The summed E-state index contributed by atoms with van der Waals surface area (Å²) < 4.78 is 10.6. The number of nitrogens with zero attached hydrogens (tertiary/aromatic N) is 3. The van der Waals surface area contributed by atoms with E-state index in [0.29, 0.717) is 55.6 Å². The van der Waals surface area contributed by atoms with Crippen LogP contribution in [0.5, 0.6) is 0 Å². The molecule has 1 aromatic heterocycles. The van der Waals surface area contributed by atoms with Gasteiger partial charge < -0.3 is 14.7 Å². The van der Waals surface area contributed by atoms with Gasteiger partial charge in [0, 0.05) is 44.4 Å². The van der Waals surface area contributed by atoms with Gasteiger partial charge in [0.05, 0.1) is 33.0 Å². The monoisotopic (exact) mass is 310 g/mol. The molecule has 22 heavy (non-hydrogen) atoms. The number of aromatic nitrogens is 2. The Morgan fingerprint density at radius 3 is 2.18 bits per heavy atom. The minimum atomic E-state index is -0.313. The van der Waals surface area contributed by atoms with E-state index < -0.39 is 0 Å². The molecule has 0 spiro atoms. The molecule has 0 bridgehead atoms. The Labute approximate surface area is 128 Å². The van der Waals surface area contributed by atoms with E-state index in [2.05, 4.69) is 14.9 Å². The maximum absolute atomic E-state index is 12.0. The largest absolute Gasteiger partial charge is 0.596 e. The van der Waals surface area contributed by atoms with Crippen molar-refractivity contribution in [3.63, 3.8) is 0 Å². The highest BCUT2D eigenvalue weighted by molar-refractivity contribution is 5.10. The molecule has 0 atom stereocenters. The van der Waals surface area contributed by atoms with Crippen LogP contribution in [-0.4, -0.2) is 67.5 Å². The lowest BCUT2D eigenvalue weighted by molar-refractivity contribution is -0.679. The zero-order chi connectivity index (χ0) is 15.4. The summed E-state index contributed by atoms with van der Waals surface area (Å²) in [6.07, 6.45) is 0. The van der Waals surface area contributed by atoms with E-state index >= 15 is 0 Å². The molecule has 3 rings (SSSR count). The zero-order valence-electron chi connectivity index (χ0n) is 12.6. The first kappa shape index (κ1) is 15.4. The second-order valence-corrected chi connectivity index (χ2v) is 5.67. The Hall–Kier alpha value is -1.48. The van der Waals surface area contributed by atoms with Crippen molar-refractivity contribution in [3.05, 3.63) is 32.9 Å². The van der Waals surface area contributed by atoms with Gasteiger partial charge in [-0.25, -0.2) is 0 Å². The first-order valence-corrected chi connectivity index (χ1v) is 7.67. The van der Waals surface area contributed by atoms with Crippen molar-refractivity contribution < 1.29 is 14.3 Å². The summed E-state index contributed by atoms with van der Waals surface area (Å²) in [5.41, 5.74) is 0.897. The van der Waals surface area contributed by atoms with Gasteiger partial charge in [0.15, 0.2) is 0 Å². The molecule has 0 unspecified atom stereocenters. The lowest BCUT2D eigenvalue weighted by atomic mass is 10.2. The fourth-order valence-electron chi connectivity index (χ4n) is 2.78. The molecular weight excluding hydrogens is 288 g/mol. The van der Waals surface area contributed by atoms with Crippen LogP contribution in [0.3, 0.4) is 0 Å². The number of H-pyrrole nitrogens is 1. The van der Waals surface area contributed by atoms with E-state index in [1.54, 1.807) is 6.07 Å². The first-order valence-electron chi connectivity index (χ1n) is 7.67. The Morgan fingerprint density at radius 1 is 1.05 bits per heavy atom. The molecule has 3 heterocycles. The third-order valence-corrected chi connectivity index (χ3v) is 4.08. The Morgan fingerprint density at radius 2 is 1.59 bits per heavy atom. The molecule has 1 N–H and O–H groups in total. The van der Waals surface area contributed by atoms with Gasteiger partial charge >= 0.3 is 5.56 Å². The summed E-state index contributed by atoms with van der Waals surface area (Å²) in [7, 11) is 0. The number of morpholine rings is 2. The number of nitrogens with one attached hydrogen (secondary N) is 1. The Bertz CT molecular complexity index is 550. The number of rotatable bonds is 4. The molecule has 8 heteroatoms. The Balaban J connectivity index is 1.72. The molecule has 2 aliphatic rings. The zero-order valence-corrected chi connectivity index (χ0v) is 12.6. The van der Waals surface area contributed by atoms with Crippen molar-refractivity contribution in [1.82, 2.24) is 14.9 Å². The van der Waals surface area contributed by atoms with Crippen molar-refractivity contribution in [1.29, 1.82) is 0 Å². The van der Waals surface area contributed by atoms with Gasteiger partial charge in [0.25, 0.3) is 0 Å². The summed E-state index contributed by atoms with van der Waals surface area (Å²) in [4.78, 5) is 16.9. The average Bonchev–Trinajstić information content (AvgIpc) is 2.54. The van der Waals surface area contributed by atoms with E-state index in [-0.39, 0.29) is 5.56 Å². The lowest BCUT2D eigenvalue weighted by Gasteiger charge is -2.27. The number of ether oxygens (including phenoxy) is 2. The van der Waals surface area contributed by atoms with Crippen LogP contribution >= 0.6 is 0 Å². The predicted molar refractivity (Wildman–Crippen MR) is 78.2 cm³/mol. The second kappa shape index (κ2) is 7.19. The van der Waals surface area contributed by atoms with Crippen LogP contribution in [-0.2, 0) is 22.6 Å². The van der Waals surface area contributed by atoms with Crippen molar-refractivity contribution in [2.45, 2.75) is 13.1 Å². The molecule has 0 aliphatic carbocycles. The summed E-state index contributed by atoms with van der Waals surface area (Å²) >= 11 is 0. The third-order valence-electron chi connectivity index (χ3n) is 4.08. The number of aromatic amines is 1. The van der Waals surface area contributed by atoms with Gasteiger partial charge in [-0.3, -0.25) is 14.6 Å². The SMILES string of the molecule is O=c1[nH][n+]([O-])c(CN2CCOCC2)cc1CN1CCOCC1. The number of hydrogen-bond donors (Lipinski definition) is 1. The van der Waals surface area contributed by atoms with Crippen LogP contribution in [0.15, 0.2) is 10.9 Å². The highest BCUT2D eigenvalue weighted by Gasteiger charge is 2.19. The van der Waals surface area contributed by atoms with E-state index in [4.69, 9.17) is 9.47 Å². The summed E-state index contributed by atoms with van der Waals surface area (Å²) in [5.74, 6) is 0. The summed E-state index contributed by atoms with van der Waals surface area (Å²) in [5, 5.41) is 14.3. The molecule has 0 radical (unpaired) electrons. The van der Waals surface area contributed by atoms with Crippen LogP contribution in [0.1, 0.15) is 11.3 Å². The standard InChI is InChI=1S/C14H22N4O4/c19-14-12(10-16-1-5-21-6-2-16)9-13(18(20)15-14)11-17-3-7-22-8-4-17/h9H,1-8,10-11H2,(H,15,19). The molecule has 1 aromatic rings. The van der Waals surface area contributed by atoms with Gasteiger partial charge in [-0.05, 0) is 0 Å². The number of hydrogen-bond acceptors (Lipinski definition) is 6. The molecule has 0 saturated carbocycles. The third kappa shape index (κ3) is 3.83. The fourth-order valence-corrected chi connectivity index (χ4v) is 2.78. The van der Waals surface area contributed by atoms with Gasteiger partial charge in [-0.2, -0.15) is 0 Å². The van der Waals surface area contributed by atoms with Crippen LogP contribution in [0, 0.1) is 5.21 Å². The predicted octanol–water partition coefficient (Wildman–Crippen LogP) is -1.33. The smallest absolute Gasteiger partial charge is 0.303 e. The lowest BCUT2D eigenvalue weighted by Crippen LogP contribution is -2.47. The first-order chi connectivity index (χ1) is 10.7. The molecule has 2 fully saturated rings. The molecule has 0 aromatic carbocycles. The minimum Gasteiger partial charge on any atom is -0.596 e. The van der Waals surface area contributed by atoms with Gasteiger partial charge in [-0.15, -0.1) is 5.10 Å². The van der Waals surface area contributed by atoms with E-state index in [1.807, 2.05) is 0 Å². The highest BCUT2D eigenvalue weighted by atomic mass is 16.5. The van der Waals surface area contributed by atoms with Crippen LogP contribution < -0.4 is 10.4 Å². The van der Waals surface area contributed by atoms with Crippen molar-refractivity contribution >= 4 is 0 Å². The van der Waals surface area contributed by atoms with Crippen molar-refractivity contribution in [2.75, 3.05) is 52.6 Å². The quantitative estimate of drug-likeness (QED) is 0.548. The van der Waals surface area contributed by atoms with Crippen LogP contribution in [0.25, 0.3) is 0 Å². The average molecular weight is 310 g/mol. The maximum Gasteiger partial charge on any atom is 0.303 e. The normalized spacial score (nSPS) is 21.1. The van der Waals surface area contributed by atoms with Crippen LogP contribution in [0.2, 0.25) is 0 Å². The van der Waals surface area contributed by atoms with Gasteiger partial charge in [-0.1, -0.05) is 4.85 Å². The summed E-state index contributed by atoms with van der Waals surface area (Å²) in [6, 6.07) is 1.73. The minimum absolute atomic E-state index is 0.313. The van der Waals surface area contributed by atoms with Crippen LogP contribution in [0.4, 0.5) is 0 Å². The van der Waals surface area contributed by atoms with E-state index in [0.717, 1.165) is 26.2 Å². The summed E-state index contributed by atoms with van der Waals surface area (Å²) in [6.45, 7) is 7.05. The fraction of sp³-hybridized carbons (Fsp3) is 0.714. The highest BCUT2D eigenvalue weighted by Crippen LogP contribution is 2.07. The molecule has 122 valence electrons. The molecule has 2 saturated heterocycles. The topological polar surface area (TPSA) is 84.7 Å². The second-order valence-electron chi connectivity index (χ2n) is 5.67. The van der Waals surface area contributed by atoms with Gasteiger partial charge in [0.1, 0.15) is 0 Å². The molecule has 2 aliphatic heterocycles. The van der Waals surface area contributed by atoms with Crippen molar-refractivity contribution in [2.24, 2.45) is 0 Å². The van der Waals surface area contributed by atoms with Gasteiger partial charge in [0.2, 0.25) is 5.69 Å². The molecular formula is C14H22N4O4. The van der Waals surface area contributed by atoms with Crippen molar-refractivity contribution in [3.8, 4) is 0 Å². The van der Waals surface area contributed by atoms with E-state index in [1.165, 1.54) is 0 Å². The molecule has 0 amide bonds.